The lowest BCUT2D eigenvalue weighted by atomic mass is 10.0. The number of alkyl halides is 1. The van der Waals surface area contributed by atoms with Crippen LogP contribution >= 0.6 is 0 Å². The number of halogens is 1. The zero-order chi connectivity index (χ0) is 21.4. The lowest BCUT2D eigenvalue weighted by Crippen LogP contribution is -2.55. The van der Waals surface area contributed by atoms with E-state index in [1.54, 1.807) is 6.20 Å². The number of hydrogen-bond donors (Lipinski definition) is 2. The number of hydrogen-bond acceptors (Lipinski definition) is 7. The van der Waals surface area contributed by atoms with Gasteiger partial charge in [-0.1, -0.05) is 6.92 Å². The Balaban J connectivity index is 1.37. The van der Waals surface area contributed by atoms with Crippen LogP contribution in [0.4, 0.5) is 16.0 Å². The van der Waals surface area contributed by atoms with Gasteiger partial charge in [0.1, 0.15) is 11.8 Å². The van der Waals surface area contributed by atoms with Crippen LogP contribution in [0.3, 0.4) is 0 Å². The minimum atomic E-state index is -0.969. The maximum Gasteiger partial charge on any atom is 0.232 e. The molecule has 2 saturated heterocycles. The second-order valence-corrected chi connectivity index (χ2v) is 8.01. The molecule has 5 heterocycles. The summed E-state index contributed by atoms with van der Waals surface area (Å²) in [6, 6.07) is 1.98. The highest BCUT2D eigenvalue weighted by molar-refractivity contribution is 5.82. The molecule has 0 radical (unpaired) electrons. The Labute approximate surface area is 179 Å². The normalized spacial score (nSPS) is 22.5. The number of anilines is 2. The molecule has 0 aromatic carbocycles. The van der Waals surface area contributed by atoms with E-state index >= 15 is 4.39 Å². The monoisotopic (exact) mass is 429 g/mol. The number of aromatic amines is 1. The lowest BCUT2D eigenvalue weighted by molar-refractivity contribution is -0.0848. The fourth-order valence-electron chi connectivity index (χ4n) is 4.42. The standard InChI is InChI=1S/C21H28FN7O2/c1-3-17-16(25-21-26-19-14(5-7-23-19)20(27-21)31-4-2)9-24-29(17)18-6-8-28(10-15(18)22)13-11-30-12-13/h5,7,9,13,15,18H,3-4,6,8,10-12H2,1-2H3,(H2,23,25,26,27). The van der Waals surface area contributed by atoms with Gasteiger partial charge >= 0.3 is 0 Å². The number of aromatic nitrogens is 5. The summed E-state index contributed by atoms with van der Waals surface area (Å²) in [5.41, 5.74) is 2.43. The van der Waals surface area contributed by atoms with Crippen molar-refractivity contribution < 1.29 is 13.9 Å². The van der Waals surface area contributed by atoms with E-state index in [9.17, 15) is 0 Å². The first-order chi connectivity index (χ1) is 15.2. The number of likely N-dealkylation sites (tertiary alicyclic amines) is 1. The number of rotatable bonds is 7. The van der Waals surface area contributed by atoms with Crippen molar-refractivity contribution in [2.45, 2.75) is 44.9 Å². The first-order valence-electron chi connectivity index (χ1n) is 10.9. The summed E-state index contributed by atoms with van der Waals surface area (Å²) in [4.78, 5) is 14.4. The number of nitrogens with zero attached hydrogens (tertiary/aromatic N) is 5. The molecule has 0 spiro atoms. The molecule has 9 nitrogen and oxygen atoms in total. The van der Waals surface area contributed by atoms with Gasteiger partial charge in [-0.15, -0.1) is 0 Å². The van der Waals surface area contributed by atoms with E-state index in [0.29, 0.717) is 49.9 Å². The Morgan fingerprint density at radius 3 is 2.90 bits per heavy atom. The van der Waals surface area contributed by atoms with Gasteiger partial charge in [0.25, 0.3) is 0 Å². The number of nitrogens with one attached hydrogen (secondary N) is 2. The van der Waals surface area contributed by atoms with Crippen molar-refractivity contribution in [3.63, 3.8) is 0 Å². The van der Waals surface area contributed by atoms with E-state index in [1.807, 2.05) is 30.8 Å². The summed E-state index contributed by atoms with van der Waals surface area (Å²) in [6.07, 6.45) is 4.02. The average Bonchev–Trinajstić information content (AvgIpc) is 3.34. The van der Waals surface area contributed by atoms with Crippen LogP contribution in [0.1, 0.15) is 32.0 Å². The van der Waals surface area contributed by atoms with Gasteiger partial charge in [-0.3, -0.25) is 9.58 Å². The van der Waals surface area contributed by atoms with Crippen LogP contribution in [-0.4, -0.2) is 74.8 Å². The number of H-pyrrole nitrogens is 1. The zero-order valence-corrected chi connectivity index (χ0v) is 17.8. The third-order valence-electron chi connectivity index (χ3n) is 6.13. The van der Waals surface area contributed by atoms with Gasteiger partial charge in [0.2, 0.25) is 11.8 Å². The maximum atomic E-state index is 15.1. The van der Waals surface area contributed by atoms with Gasteiger partial charge in [0, 0.05) is 19.3 Å². The first-order valence-corrected chi connectivity index (χ1v) is 10.9. The molecule has 0 bridgehead atoms. The quantitative estimate of drug-likeness (QED) is 0.597. The molecule has 0 amide bonds. The van der Waals surface area contributed by atoms with Gasteiger partial charge in [0.15, 0.2) is 0 Å². The van der Waals surface area contributed by atoms with E-state index in [1.165, 1.54) is 0 Å². The fourth-order valence-corrected chi connectivity index (χ4v) is 4.42. The van der Waals surface area contributed by atoms with Crippen molar-refractivity contribution in [2.75, 3.05) is 38.2 Å². The number of ether oxygens (including phenoxy) is 2. The zero-order valence-electron chi connectivity index (χ0n) is 17.8. The summed E-state index contributed by atoms with van der Waals surface area (Å²) >= 11 is 0. The second-order valence-electron chi connectivity index (χ2n) is 8.01. The molecule has 5 rings (SSSR count). The average molecular weight is 430 g/mol. The SMILES string of the molecule is CCOc1nc(Nc2cnn(C3CCN(C4COC4)CC3F)c2CC)nc2[nH]ccc12. The molecule has 31 heavy (non-hydrogen) atoms. The Kier molecular flexibility index (Phi) is 5.49. The Bertz CT molecular complexity index is 1050. The molecule has 10 heteroatoms. The summed E-state index contributed by atoms with van der Waals surface area (Å²) in [5.74, 6) is 0.946. The van der Waals surface area contributed by atoms with Crippen LogP contribution in [0.2, 0.25) is 0 Å². The van der Waals surface area contributed by atoms with Gasteiger partial charge in [-0.05, 0) is 25.8 Å². The predicted octanol–water partition coefficient (Wildman–Crippen LogP) is 2.84. The third kappa shape index (κ3) is 3.74. The smallest absolute Gasteiger partial charge is 0.232 e. The summed E-state index contributed by atoms with van der Waals surface area (Å²) in [5, 5.41) is 8.65. The molecule has 3 aromatic rings. The van der Waals surface area contributed by atoms with Crippen LogP contribution in [0.5, 0.6) is 5.88 Å². The molecule has 2 fully saturated rings. The molecule has 0 saturated carbocycles. The minimum Gasteiger partial charge on any atom is -0.477 e. The van der Waals surface area contributed by atoms with Crippen molar-refractivity contribution in [1.82, 2.24) is 29.6 Å². The van der Waals surface area contributed by atoms with Crippen LogP contribution in [0, 0.1) is 0 Å². The topological polar surface area (TPSA) is 93.1 Å². The summed E-state index contributed by atoms with van der Waals surface area (Å²) < 4.78 is 27.9. The highest BCUT2D eigenvalue weighted by atomic mass is 19.1. The highest BCUT2D eigenvalue weighted by Gasteiger charge is 2.37. The largest absolute Gasteiger partial charge is 0.477 e. The minimum absolute atomic E-state index is 0.270. The van der Waals surface area contributed by atoms with Crippen LogP contribution in [0.25, 0.3) is 11.0 Å². The van der Waals surface area contributed by atoms with E-state index < -0.39 is 6.17 Å². The van der Waals surface area contributed by atoms with E-state index in [-0.39, 0.29) is 6.04 Å². The highest BCUT2D eigenvalue weighted by Crippen LogP contribution is 2.32. The molecule has 2 atom stereocenters. The summed E-state index contributed by atoms with van der Waals surface area (Å²) in [7, 11) is 0. The van der Waals surface area contributed by atoms with Crippen LogP contribution < -0.4 is 10.1 Å². The second kappa shape index (κ2) is 8.43. The van der Waals surface area contributed by atoms with Gasteiger partial charge < -0.3 is 19.8 Å². The molecule has 2 N–H and O–H groups in total. The van der Waals surface area contributed by atoms with Crippen molar-refractivity contribution in [3.05, 3.63) is 24.2 Å². The van der Waals surface area contributed by atoms with Crippen molar-refractivity contribution in [1.29, 1.82) is 0 Å². The Hall–Kier alpha value is -2.72. The van der Waals surface area contributed by atoms with Crippen molar-refractivity contribution in [2.24, 2.45) is 0 Å². The Morgan fingerprint density at radius 1 is 1.32 bits per heavy atom. The molecule has 2 aliphatic rings. The van der Waals surface area contributed by atoms with Gasteiger partial charge in [-0.2, -0.15) is 15.1 Å². The molecular formula is C21H28FN7O2. The Morgan fingerprint density at radius 2 is 2.19 bits per heavy atom. The van der Waals surface area contributed by atoms with Crippen LogP contribution in [0.15, 0.2) is 18.5 Å². The van der Waals surface area contributed by atoms with Crippen molar-refractivity contribution >= 4 is 22.7 Å². The summed E-state index contributed by atoms with van der Waals surface area (Å²) in [6.45, 7) is 7.18. The van der Waals surface area contributed by atoms with Gasteiger partial charge in [0.05, 0.1) is 54.9 Å². The molecule has 0 aliphatic carbocycles. The first kappa shape index (κ1) is 20.2. The molecule has 166 valence electrons. The van der Waals surface area contributed by atoms with E-state index in [2.05, 4.69) is 30.3 Å². The molecule has 3 aromatic heterocycles. The molecule has 2 unspecified atom stereocenters. The van der Waals surface area contributed by atoms with Crippen LogP contribution in [-0.2, 0) is 11.2 Å². The molecular weight excluding hydrogens is 401 g/mol. The number of piperidine rings is 1. The van der Waals surface area contributed by atoms with E-state index in [4.69, 9.17) is 9.47 Å². The third-order valence-corrected chi connectivity index (χ3v) is 6.13. The lowest BCUT2D eigenvalue weighted by Gasteiger charge is -2.42. The van der Waals surface area contributed by atoms with Gasteiger partial charge in [-0.25, -0.2) is 4.39 Å². The fraction of sp³-hybridized carbons (Fsp3) is 0.571. The number of fused-ring (bicyclic) bond motifs is 1. The maximum absolute atomic E-state index is 15.1. The molecule has 2 aliphatic heterocycles. The van der Waals surface area contributed by atoms with E-state index in [0.717, 1.165) is 36.2 Å². The van der Waals surface area contributed by atoms with Crippen molar-refractivity contribution in [3.8, 4) is 5.88 Å². The predicted molar refractivity (Wildman–Crippen MR) is 115 cm³/mol.